The van der Waals surface area contributed by atoms with Crippen molar-refractivity contribution in [3.8, 4) is 0 Å². The van der Waals surface area contributed by atoms with E-state index in [1.165, 1.54) is 0 Å². The Bertz CT molecular complexity index is 201. The van der Waals surface area contributed by atoms with Crippen molar-refractivity contribution >= 4 is 0 Å². The monoisotopic (exact) mass is 149 g/mol. The van der Waals surface area contributed by atoms with Crippen molar-refractivity contribution < 1.29 is 0 Å². The molecular formula is C10H15N. The van der Waals surface area contributed by atoms with Crippen molar-refractivity contribution in [2.45, 2.75) is 13.3 Å². The summed E-state index contributed by atoms with van der Waals surface area (Å²) in [6.45, 7) is 5.99. The Morgan fingerprint density at radius 1 is 1.73 bits per heavy atom. The van der Waals surface area contributed by atoms with E-state index in [0.717, 1.165) is 12.1 Å². The summed E-state index contributed by atoms with van der Waals surface area (Å²) in [5.74, 6) is 1.11. The van der Waals surface area contributed by atoms with Crippen LogP contribution < -0.4 is 5.73 Å². The van der Waals surface area contributed by atoms with E-state index < -0.39 is 0 Å². The molecule has 0 fully saturated rings. The minimum absolute atomic E-state index is 0.548. The van der Waals surface area contributed by atoms with Gasteiger partial charge in [0.25, 0.3) is 0 Å². The molecule has 0 aromatic carbocycles. The van der Waals surface area contributed by atoms with Crippen LogP contribution in [0.25, 0.3) is 0 Å². The summed E-state index contributed by atoms with van der Waals surface area (Å²) in [6, 6.07) is 0. The van der Waals surface area contributed by atoms with Gasteiger partial charge in [-0.25, -0.2) is 0 Å². The molecule has 1 aliphatic carbocycles. The van der Waals surface area contributed by atoms with Crippen LogP contribution in [-0.4, -0.2) is 0 Å². The van der Waals surface area contributed by atoms with Crippen LogP contribution in [0.1, 0.15) is 13.3 Å². The lowest BCUT2D eigenvalue weighted by atomic mass is 9.92. The molecule has 0 bridgehead atoms. The molecule has 11 heavy (non-hydrogen) atoms. The van der Waals surface area contributed by atoms with Gasteiger partial charge in [0.15, 0.2) is 0 Å². The van der Waals surface area contributed by atoms with Crippen molar-refractivity contribution in [3.63, 3.8) is 0 Å². The molecule has 1 heteroatoms. The van der Waals surface area contributed by atoms with Crippen LogP contribution in [0.4, 0.5) is 0 Å². The molecular weight excluding hydrogens is 134 g/mol. The molecule has 0 aromatic rings. The van der Waals surface area contributed by atoms with E-state index in [1.54, 1.807) is 0 Å². The van der Waals surface area contributed by atoms with Crippen molar-refractivity contribution in [2.75, 3.05) is 0 Å². The van der Waals surface area contributed by atoms with E-state index >= 15 is 0 Å². The molecule has 0 saturated heterocycles. The molecule has 0 aromatic heterocycles. The molecule has 0 heterocycles. The first-order chi connectivity index (χ1) is 5.24. The smallest absolute Gasteiger partial charge is 0.0270 e. The molecule has 0 spiro atoms. The van der Waals surface area contributed by atoms with Crippen LogP contribution in [-0.2, 0) is 0 Å². The van der Waals surface area contributed by atoms with Gasteiger partial charge in [-0.05, 0) is 24.3 Å². The van der Waals surface area contributed by atoms with E-state index in [-0.39, 0.29) is 0 Å². The summed E-state index contributed by atoms with van der Waals surface area (Å²) in [4.78, 5) is 0. The van der Waals surface area contributed by atoms with Crippen molar-refractivity contribution in [3.05, 3.63) is 36.6 Å². The zero-order valence-electron chi connectivity index (χ0n) is 6.96. The van der Waals surface area contributed by atoms with E-state index in [4.69, 9.17) is 5.73 Å². The summed E-state index contributed by atoms with van der Waals surface area (Å²) in [7, 11) is 0. The molecule has 0 amide bonds. The lowest BCUT2D eigenvalue weighted by Crippen LogP contribution is -2.03. The third-order valence-electron chi connectivity index (χ3n) is 2.20. The number of hydrogen-bond acceptors (Lipinski definition) is 1. The van der Waals surface area contributed by atoms with E-state index in [9.17, 15) is 0 Å². The van der Waals surface area contributed by atoms with Gasteiger partial charge in [0.05, 0.1) is 0 Å². The third-order valence-corrected chi connectivity index (χ3v) is 2.20. The van der Waals surface area contributed by atoms with Gasteiger partial charge in [0, 0.05) is 5.70 Å². The maximum absolute atomic E-state index is 5.65. The summed E-state index contributed by atoms with van der Waals surface area (Å²) in [5.41, 5.74) is 6.53. The second-order valence-electron chi connectivity index (χ2n) is 3.06. The van der Waals surface area contributed by atoms with Crippen LogP contribution in [0.2, 0.25) is 0 Å². The quantitative estimate of drug-likeness (QED) is 0.568. The Morgan fingerprint density at radius 2 is 2.45 bits per heavy atom. The van der Waals surface area contributed by atoms with Gasteiger partial charge in [-0.15, -0.1) is 6.58 Å². The normalized spacial score (nSPS) is 30.8. The molecule has 1 aliphatic rings. The molecule has 60 valence electrons. The molecule has 1 rings (SSSR count). The maximum Gasteiger partial charge on any atom is 0.0270 e. The fourth-order valence-electron chi connectivity index (χ4n) is 1.27. The van der Waals surface area contributed by atoms with Gasteiger partial charge in [-0.3, -0.25) is 0 Å². The third kappa shape index (κ3) is 1.97. The Kier molecular flexibility index (Phi) is 2.53. The Labute approximate surface area is 68.3 Å². The Hall–Kier alpha value is -0.980. The largest absolute Gasteiger partial charge is 0.399 e. The standard InChI is InChI=1S/C10H15N/c1-3-9-5-7-10(11)6-4-8(9)2/h3-4,6-9H,1,5,11H2,2H3. The van der Waals surface area contributed by atoms with Crippen LogP contribution >= 0.6 is 0 Å². The van der Waals surface area contributed by atoms with Crippen LogP contribution in [0.3, 0.4) is 0 Å². The van der Waals surface area contributed by atoms with Gasteiger partial charge in [0.1, 0.15) is 0 Å². The molecule has 0 aliphatic heterocycles. The number of rotatable bonds is 1. The highest BCUT2D eigenvalue weighted by atomic mass is 14.6. The van der Waals surface area contributed by atoms with Crippen molar-refractivity contribution in [2.24, 2.45) is 17.6 Å². The molecule has 0 radical (unpaired) electrons. The lowest BCUT2D eigenvalue weighted by Gasteiger charge is -2.13. The Balaban J connectivity index is 2.74. The molecule has 1 nitrogen and oxygen atoms in total. The second-order valence-corrected chi connectivity index (χ2v) is 3.06. The van der Waals surface area contributed by atoms with Crippen molar-refractivity contribution in [1.29, 1.82) is 0 Å². The average molecular weight is 149 g/mol. The summed E-state index contributed by atoms with van der Waals surface area (Å²) in [5, 5.41) is 0. The first-order valence-corrected chi connectivity index (χ1v) is 4.00. The Morgan fingerprint density at radius 3 is 3.09 bits per heavy atom. The van der Waals surface area contributed by atoms with Crippen LogP contribution in [0.5, 0.6) is 0 Å². The lowest BCUT2D eigenvalue weighted by molar-refractivity contribution is 0.522. The van der Waals surface area contributed by atoms with E-state index in [1.807, 2.05) is 12.2 Å². The van der Waals surface area contributed by atoms with Gasteiger partial charge >= 0.3 is 0 Å². The fourth-order valence-corrected chi connectivity index (χ4v) is 1.27. The van der Waals surface area contributed by atoms with Gasteiger partial charge in [-0.1, -0.05) is 25.2 Å². The van der Waals surface area contributed by atoms with Gasteiger partial charge < -0.3 is 5.73 Å². The minimum Gasteiger partial charge on any atom is -0.399 e. The SMILES string of the molecule is C=CC1CC=C(N)C=CC1C. The molecule has 0 saturated carbocycles. The van der Waals surface area contributed by atoms with Crippen LogP contribution in [0.15, 0.2) is 36.6 Å². The summed E-state index contributed by atoms with van der Waals surface area (Å²) in [6.07, 6.45) is 9.21. The summed E-state index contributed by atoms with van der Waals surface area (Å²) < 4.78 is 0. The predicted octanol–water partition coefficient (Wildman–Crippen LogP) is 2.23. The second kappa shape index (κ2) is 3.42. The van der Waals surface area contributed by atoms with E-state index in [2.05, 4.69) is 25.7 Å². The highest BCUT2D eigenvalue weighted by molar-refractivity contribution is 5.19. The first-order valence-electron chi connectivity index (χ1n) is 4.00. The first kappa shape index (κ1) is 8.12. The number of allylic oxidation sites excluding steroid dienone is 4. The van der Waals surface area contributed by atoms with Crippen LogP contribution in [0, 0.1) is 11.8 Å². The fraction of sp³-hybridized carbons (Fsp3) is 0.400. The zero-order chi connectivity index (χ0) is 8.27. The highest BCUT2D eigenvalue weighted by Crippen LogP contribution is 2.22. The van der Waals surface area contributed by atoms with Gasteiger partial charge in [0.2, 0.25) is 0 Å². The summed E-state index contributed by atoms with van der Waals surface area (Å²) >= 11 is 0. The molecule has 2 unspecified atom stereocenters. The average Bonchev–Trinajstić information content (AvgIpc) is 2.15. The topological polar surface area (TPSA) is 26.0 Å². The number of nitrogens with two attached hydrogens (primary N) is 1. The van der Waals surface area contributed by atoms with E-state index in [0.29, 0.717) is 11.8 Å². The van der Waals surface area contributed by atoms with Gasteiger partial charge in [-0.2, -0.15) is 0 Å². The maximum atomic E-state index is 5.65. The molecule has 2 atom stereocenters. The zero-order valence-corrected chi connectivity index (χ0v) is 6.96. The predicted molar refractivity (Wildman–Crippen MR) is 48.9 cm³/mol. The molecule has 2 N–H and O–H groups in total. The highest BCUT2D eigenvalue weighted by Gasteiger charge is 2.11. The van der Waals surface area contributed by atoms with Crippen molar-refractivity contribution in [1.82, 2.24) is 0 Å². The number of hydrogen-bond donors (Lipinski definition) is 1. The minimum atomic E-state index is 0.548.